The van der Waals surface area contributed by atoms with Crippen molar-refractivity contribution in [3.63, 3.8) is 0 Å². The Morgan fingerprint density at radius 2 is 0.592 bits per heavy atom. The first kappa shape index (κ1) is 73.1. The van der Waals surface area contributed by atoms with E-state index in [-0.39, 0.29) is 232 Å². The Morgan fingerprint density at radius 1 is 0.303 bits per heavy atom. The quantitative estimate of drug-likeness (QED) is 0.0729. The molecular formula is C40H22N4Na6O20S6. The van der Waals surface area contributed by atoms with E-state index in [2.05, 4.69) is 20.5 Å². The maximum Gasteiger partial charge on any atom is 1.00 e. The van der Waals surface area contributed by atoms with Gasteiger partial charge in [-0.1, -0.05) is 60.7 Å². The Morgan fingerprint density at radius 3 is 0.868 bits per heavy atom. The van der Waals surface area contributed by atoms with Crippen molar-refractivity contribution in [2.45, 2.75) is 29.4 Å². The van der Waals surface area contributed by atoms with Crippen LogP contribution in [-0.2, 0) is 60.7 Å². The second kappa shape index (κ2) is 27.9. The van der Waals surface area contributed by atoms with E-state index in [0.717, 1.165) is 60.7 Å². The molecule has 0 bridgehead atoms. The maximum atomic E-state index is 11.7. The minimum Gasteiger partial charge on any atom is -0.744 e. The summed E-state index contributed by atoms with van der Waals surface area (Å²) in [6, 6.07) is 22.9. The molecule has 0 amide bonds. The SMILES string of the molecule is O=S(=O)([O-])c1ccc2c(/N=N/c3ccc(S(=O)(=O)[O-])c4ccccc34)c(O)c(S(=O)(=O)[O-])cc2c1.O=S(=O)([O-])c1ccc2c(/N=N/c3ccc(S(=O)(=O)[O-])c4ccccc34)c(O)c(S(=O)(=O)[O-])cc2c1.[Na+].[Na+].[Na+].[Na+].[Na+].[Na+]. The number of phenols is 2. The number of nitrogens with zero attached hydrogens (tertiary/aromatic N) is 4. The average Bonchev–Trinajstić information content (AvgIpc) is 3.25. The van der Waals surface area contributed by atoms with E-state index < -0.39 is 113 Å². The van der Waals surface area contributed by atoms with E-state index in [1.807, 2.05) is 0 Å². The van der Waals surface area contributed by atoms with Crippen LogP contribution in [0.2, 0.25) is 0 Å². The van der Waals surface area contributed by atoms with E-state index in [1.165, 1.54) is 48.5 Å². The third-order valence-electron chi connectivity index (χ3n) is 9.94. The molecule has 0 unspecified atom stereocenters. The molecule has 364 valence electrons. The van der Waals surface area contributed by atoms with E-state index >= 15 is 0 Å². The largest absolute Gasteiger partial charge is 1.00 e. The van der Waals surface area contributed by atoms with Crippen molar-refractivity contribution >= 4 is 127 Å². The molecule has 0 radical (unpaired) electrons. The molecule has 8 aromatic carbocycles. The van der Waals surface area contributed by atoms with Gasteiger partial charge in [0.05, 0.1) is 40.7 Å². The molecule has 0 heterocycles. The summed E-state index contributed by atoms with van der Waals surface area (Å²) >= 11 is 0. The van der Waals surface area contributed by atoms with Gasteiger partial charge in [0.1, 0.15) is 72.1 Å². The van der Waals surface area contributed by atoms with Crippen molar-refractivity contribution in [3.05, 3.63) is 121 Å². The Bertz CT molecular complexity index is 4070. The number of benzene rings is 8. The van der Waals surface area contributed by atoms with Crippen molar-refractivity contribution in [2.24, 2.45) is 20.5 Å². The Labute approximate surface area is 565 Å². The van der Waals surface area contributed by atoms with Crippen molar-refractivity contribution in [1.29, 1.82) is 0 Å². The molecule has 2 N–H and O–H groups in total. The summed E-state index contributed by atoms with van der Waals surface area (Å²) in [4.78, 5) is -4.70. The molecule has 8 aromatic rings. The second-order valence-electron chi connectivity index (χ2n) is 14.3. The van der Waals surface area contributed by atoms with Crippen LogP contribution in [0.1, 0.15) is 0 Å². The van der Waals surface area contributed by atoms with Gasteiger partial charge in [-0.05, 0) is 71.4 Å². The second-order valence-corrected chi connectivity index (χ2v) is 22.4. The minimum atomic E-state index is -5.27. The third kappa shape index (κ3) is 16.6. The standard InChI is InChI=1S/2C20H14N2O10S3.6Na/c2*23-20-18(35(30,31)32)10-11-9-12(33(24,25)26)5-6-13(11)19(20)22-21-16-7-8-17(34(27,28)29)15-4-2-1-3-14(15)16;;;;;;/h2*1-10,23H,(H,24,25,26)(H,27,28,29)(H,30,31,32);;;;;;/q;;6*+1/p-6/b2*22-21+;;;;;;. The van der Waals surface area contributed by atoms with Crippen LogP contribution < -0.4 is 177 Å². The first-order valence-electron chi connectivity index (χ1n) is 18.6. The predicted molar refractivity (Wildman–Crippen MR) is 235 cm³/mol. The molecule has 24 nitrogen and oxygen atoms in total. The molecule has 0 aliphatic rings. The molecule has 0 saturated carbocycles. The van der Waals surface area contributed by atoms with Gasteiger partial charge in [0, 0.05) is 32.3 Å². The summed E-state index contributed by atoms with van der Waals surface area (Å²) in [5.74, 6) is -2.14. The van der Waals surface area contributed by atoms with Crippen LogP contribution in [0.3, 0.4) is 0 Å². The van der Waals surface area contributed by atoms with Crippen LogP contribution in [0.5, 0.6) is 11.5 Å². The maximum absolute atomic E-state index is 11.7. The fourth-order valence-corrected chi connectivity index (χ4v) is 10.5. The van der Waals surface area contributed by atoms with Gasteiger partial charge in [-0.25, -0.2) is 50.5 Å². The van der Waals surface area contributed by atoms with Gasteiger partial charge in [0.25, 0.3) is 0 Å². The van der Waals surface area contributed by atoms with Gasteiger partial charge in [-0.15, -0.1) is 20.5 Å². The Kier molecular flexibility index (Phi) is 26.8. The van der Waals surface area contributed by atoms with Crippen molar-refractivity contribution in [1.82, 2.24) is 0 Å². The minimum absolute atomic E-state index is 0. The predicted octanol–water partition coefficient (Wildman–Crippen LogP) is -12.3. The first-order valence-corrected chi connectivity index (χ1v) is 27.0. The summed E-state index contributed by atoms with van der Waals surface area (Å²) < 4.78 is 207. The number of hydrogen-bond donors (Lipinski definition) is 2. The molecule has 36 heteroatoms. The fourth-order valence-electron chi connectivity index (χ4n) is 6.88. The zero-order valence-electron chi connectivity index (χ0n) is 40.0. The smallest absolute Gasteiger partial charge is 0.744 e. The number of aromatic hydroxyl groups is 2. The van der Waals surface area contributed by atoms with E-state index in [1.54, 1.807) is 0 Å². The third-order valence-corrected chi connectivity index (χ3v) is 15.1. The number of azo groups is 2. The molecule has 76 heavy (non-hydrogen) atoms. The van der Waals surface area contributed by atoms with E-state index in [4.69, 9.17) is 0 Å². The van der Waals surface area contributed by atoms with E-state index in [0.29, 0.717) is 12.1 Å². The zero-order chi connectivity index (χ0) is 51.5. The van der Waals surface area contributed by atoms with Gasteiger partial charge in [0.15, 0.2) is 11.5 Å². The monoisotopic (exact) mass is 1210 g/mol. The van der Waals surface area contributed by atoms with Gasteiger partial charge in [-0.2, -0.15) is 0 Å². The Hall–Kier alpha value is -0.940. The molecule has 0 atom stereocenters. The molecule has 0 aliphatic heterocycles. The van der Waals surface area contributed by atoms with Crippen molar-refractivity contribution in [2.75, 3.05) is 0 Å². The average molecular weight is 1210 g/mol. The summed E-state index contributed by atoms with van der Waals surface area (Å²) in [5.41, 5.74) is -1.02. The number of rotatable bonds is 10. The topological polar surface area (TPSA) is 433 Å². The molecule has 0 fully saturated rings. The number of phenolic OH excluding ortho intramolecular Hbond substituents is 2. The Balaban J connectivity index is 0.000000704. The van der Waals surface area contributed by atoms with Crippen LogP contribution in [0, 0.1) is 0 Å². The zero-order valence-corrected chi connectivity index (χ0v) is 56.9. The van der Waals surface area contributed by atoms with Crippen LogP contribution in [0.15, 0.2) is 171 Å². The van der Waals surface area contributed by atoms with Gasteiger partial charge >= 0.3 is 177 Å². The van der Waals surface area contributed by atoms with Crippen LogP contribution in [0.4, 0.5) is 22.7 Å². The van der Waals surface area contributed by atoms with Gasteiger partial charge in [-0.3, -0.25) is 0 Å². The normalized spacial score (nSPS) is 12.1. The van der Waals surface area contributed by atoms with E-state index in [9.17, 15) is 88.0 Å². The fraction of sp³-hybridized carbons (Fsp3) is 0. The molecule has 0 spiro atoms. The van der Waals surface area contributed by atoms with Crippen molar-refractivity contribution < 1.29 is 265 Å². The summed E-state index contributed by atoms with van der Waals surface area (Å²) in [5, 5.41) is 36.4. The van der Waals surface area contributed by atoms with Crippen LogP contribution in [-0.4, -0.2) is 88.0 Å². The summed E-state index contributed by atoms with van der Waals surface area (Å²) in [6.07, 6.45) is 0. The molecular weight excluding hydrogens is 1190 g/mol. The van der Waals surface area contributed by atoms with Crippen molar-refractivity contribution in [3.8, 4) is 11.5 Å². The molecule has 0 aromatic heterocycles. The molecule has 0 saturated heterocycles. The molecule has 0 aliphatic carbocycles. The summed E-state index contributed by atoms with van der Waals surface area (Å²) in [7, 11) is -30.0. The van der Waals surface area contributed by atoms with Gasteiger partial charge in [0.2, 0.25) is 0 Å². The van der Waals surface area contributed by atoms with Crippen LogP contribution >= 0.6 is 0 Å². The van der Waals surface area contributed by atoms with Crippen LogP contribution in [0.25, 0.3) is 43.1 Å². The van der Waals surface area contributed by atoms with Gasteiger partial charge < -0.3 is 37.5 Å². The summed E-state index contributed by atoms with van der Waals surface area (Å²) in [6.45, 7) is 0. The number of fused-ring (bicyclic) bond motifs is 4. The number of hydrogen-bond acceptors (Lipinski definition) is 24. The molecule has 8 rings (SSSR count). The first-order chi connectivity index (χ1) is 32.4.